The average Bonchev–Trinajstić information content (AvgIpc) is 2.34. The molecule has 2 bridgehead atoms. The van der Waals surface area contributed by atoms with Gasteiger partial charge in [-0.2, -0.15) is 0 Å². The van der Waals surface area contributed by atoms with Gasteiger partial charge in [0.1, 0.15) is 0 Å². The van der Waals surface area contributed by atoms with Gasteiger partial charge in [-0.1, -0.05) is 26.8 Å². The Morgan fingerprint density at radius 3 is 2.23 bits per heavy atom. The van der Waals surface area contributed by atoms with E-state index in [0.717, 1.165) is 11.9 Å². The maximum atomic E-state index is 9.26. The van der Waals surface area contributed by atoms with Crippen molar-refractivity contribution in [3.63, 3.8) is 0 Å². The lowest BCUT2D eigenvalue weighted by atomic mass is 9.58. The van der Waals surface area contributed by atoms with Crippen LogP contribution in [0.3, 0.4) is 0 Å². The van der Waals surface area contributed by atoms with E-state index in [1.165, 1.54) is 6.42 Å². The zero-order chi connectivity index (χ0) is 9.85. The van der Waals surface area contributed by atoms with Gasteiger partial charge in [0, 0.05) is 0 Å². The molecular formula is C10H17BO2. The van der Waals surface area contributed by atoms with E-state index in [4.69, 9.17) is 0 Å². The van der Waals surface area contributed by atoms with Gasteiger partial charge >= 0.3 is 7.12 Å². The van der Waals surface area contributed by atoms with Crippen molar-refractivity contribution in [2.45, 2.75) is 33.6 Å². The van der Waals surface area contributed by atoms with E-state index in [2.05, 4.69) is 26.8 Å². The summed E-state index contributed by atoms with van der Waals surface area (Å²) in [5.41, 5.74) is 1.05. The Kier molecular flexibility index (Phi) is 1.71. The van der Waals surface area contributed by atoms with E-state index in [1.54, 1.807) is 0 Å². The summed E-state index contributed by atoms with van der Waals surface area (Å²) in [6.45, 7) is 6.62. The summed E-state index contributed by atoms with van der Waals surface area (Å²) < 4.78 is 0. The minimum absolute atomic E-state index is 0.00579. The highest BCUT2D eigenvalue weighted by Crippen LogP contribution is 2.65. The first-order chi connectivity index (χ1) is 5.89. The van der Waals surface area contributed by atoms with Gasteiger partial charge < -0.3 is 10.0 Å². The van der Waals surface area contributed by atoms with Gasteiger partial charge in [0.05, 0.1) is 0 Å². The predicted octanol–water partition coefficient (Wildman–Crippen LogP) is 1.38. The summed E-state index contributed by atoms with van der Waals surface area (Å²) in [7, 11) is -1.26. The molecule has 3 heteroatoms. The van der Waals surface area contributed by atoms with Crippen LogP contribution in [0.5, 0.6) is 0 Å². The van der Waals surface area contributed by atoms with Gasteiger partial charge in [0.2, 0.25) is 0 Å². The molecule has 0 amide bonds. The second-order valence-electron chi connectivity index (χ2n) is 5.19. The summed E-state index contributed by atoms with van der Waals surface area (Å²) >= 11 is 0. The van der Waals surface area contributed by atoms with Gasteiger partial charge in [-0.15, -0.1) is 0 Å². The van der Waals surface area contributed by atoms with Gasteiger partial charge in [0.15, 0.2) is 0 Å². The van der Waals surface area contributed by atoms with Gasteiger partial charge in [0.25, 0.3) is 0 Å². The molecule has 0 aromatic heterocycles. The zero-order valence-electron chi connectivity index (χ0n) is 8.54. The molecule has 1 fully saturated rings. The third kappa shape index (κ3) is 0.920. The number of rotatable bonds is 1. The van der Waals surface area contributed by atoms with Crippen LogP contribution in [-0.2, 0) is 0 Å². The topological polar surface area (TPSA) is 40.5 Å². The van der Waals surface area contributed by atoms with Crippen molar-refractivity contribution in [3.05, 3.63) is 11.5 Å². The molecule has 0 radical (unpaired) electrons. The quantitative estimate of drug-likeness (QED) is 0.598. The maximum absolute atomic E-state index is 9.26. The van der Waals surface area contributed by atoms with Crippen molar-refractivity contribution in [1.29, 1.82) is 0 Å². The summed E-state index contributed by atoms with van der Waals surface area (Å²) in [5, 5.41) is 18.5. The van der Waals surface area contributed by atoms with Crippen LogP contribution in [0.4, 0.5) is 0 Å². The monoisotopic (exact) mass is 180 g/mol. The van der Waals surface area contributed by atoms with Crippen molar-refractivity contribution >= 4 is 7.12 Å². The molecular weight excluding hydrogens is 163 g/mol. The van der Waals surface area contributed by atoms with Gasteiger partial charge in [-0.05, 0) is 35.1 Å². The fraction of sp³-hybridized carbons (Fsp3) is 0.800. The van der Waals surface area contributed by atoms with Crippen molar-refractivity contribution < 1.29 is 10.0 Å². The number of fused-ring (bicyclic) bond motifs is 2. The van der Waals surface area contributed by atoms with Crippen LogP contribution in [0.15, 0.2) is 11.5 Å². The van der Waals surface area contributed by atoms with Crippen LogP contribution in [0.1, 0.15) is 33.6 Å². The SMILES string of the molecule is CC1(C)[C@@H]2C=C(B(O)O)[C@@]1(C)CC2. The van der Waals surface area contributed by atoms with E-state index in [0.29, 0.717) is 5.92 Å². The molecule has 1 saturated carbocycles. The molecule has 13 heavy (non-hydrogen) atoms. The van der Waals surface area contributed by atoms with Crippen molar-refractivity contribution in [3.8, 4) is 0 Å². The lowest BCUT2D eigenvalue weighted by Gasteiger charge is -2.37. The Morgan fingerprint density at radius 2 is 2.00 bits per heavy atom. The summed E-state index contributed by atoms with van der Waals surface area (Å²) in [5.74, 6) is 0.536. The third-order valence-corrected chi connectivity index (χ3v) is 4.60. The molecule has 0 unspecified atom stereocenters. The first kappa shape index (κ1) is 9.29. The van der Waals surface area contributed by atoms with E-state index < -0.39 is 7.12 Å². The molecule has 2 atom stereocenters. The smallest absolute Gasteiger partial charge is 0.423 e. The van der Waals surface area contributed by atoms with E-state index in [-0.39, 0.29) is 10.8 Å². The second kappa shape index (κ2) is 2.40. The fourth-order valence-corrected chi connectivity index (χ4v) is 3.12. The van der Waals surface area contributed by atoms with E-state index in [1.807, 2.05) is 0 Å². The molecule has 0 heterocycles. The number of allylic oxidation sites excluding steroid dienone is 2. The minimum Gasteiger partial charge on any atom is -0.423 e. The van der Waals surface area contributed by atoms with Crippen molar-refractivity contribution in [2.75, 3.05) is 0 Å². The molecule has 0 aromatic rings. The molecule has 2 aliphatic rings. The first-order valence-corrected chi connectivity index (χ1v) is 4.98. The summed E-state index contributed by atoms with van der Waals surface area (Å²) in [4.78, 5) is 0. The van der Waals surface area contributed by atoms with E-state index in [9.17, 15) is 10.0 Å². The molecule has 2 rings (SSSR count). The molecule has 0 spiro atoms. The first-order valence-electron chi connectivity index (χ1n) is 4.98. The number of hydrogen-bond acceptors (Lipinski definition) is 2. The Morgan fingerprint density at radius 1 is 1.38 bits per heavy atom. The molecule has 72 valence electrons. The molecule has 0 aromatic carbocycles. The highest BCUT2D eigenvalue weighted by molar-refractivity contribution is 6.51. The highest BCUT2D eigenvalue weighted by atomic mass is 16.4. The lowest BCUT2D eigenvalue weighted by Crippen LogP contribution is -2.35. The van der Waals surface area contributed by atoms with Crippen LogP contribution >= 0.6 is 0 Å². The third-order valence-electron chi connectivity index (χ3n) is 4.60. The van der Waals surface area contributed by atoms with Gasteiger partial charge in [-0.3, -0.25) is 0 Å². The van der Waals surface area contributed by atoms with E-state index >= 15 is 0 Å². The molecule has 0 saturated heterocycles. The maximum Gasteiger partial charge on any atom is 0.484 e. The van der Waals surface area contributed by atoms with Crippen LogP contribution in [0.25, 0.3) is 0 Å². The molecule has 0 aliphatic heterocycles. The highest BCUT2D eigenvalue weighted by Gasteiger charge is 2.58. The Balaban J connectivity index is 2.43. The van der Waals surface area contributed by atoms with Crippen LogP contribution in [0.2, 0.25) is 0 Å². The summed E-state index contributed by atoms with van der Waals surface area (Å²) in [6, 6.07) is 0. The van der Waals surface area contributed by atoms with Crippen LogP contribution < -0.4 is 0 Å². The molecule has 2 nitrogen and oxygen atoms in total. The largest absolute Gasteiger partial charge is 0.484 e. The molecule has 2 N–H and O–H groups in total. The van der Waals surface area contributed by atoms with Crippen LogP contribution in [0, 0.1) is 16.7 Å². The summed E-state index contributed by atoms with van der Waals surface area (Å²) in [6.07, 6.45) is 4.36. The minimum atomic E-state index is -1.26. The normalized spacial score (nSPS) is 40.7. The standard InChI is InChI=1S/C10H17BO2/c1-9(2)7-4-5-10(9,3)8(6-7)11(12)13/h6-7,12-13H,4-5H2,1-3H3/t7-,10+/m0/s1. The van der Waals surface area contributed by atoms with Crippen molar-refractivity contribution in [2.24, 2.45) is 16.7 Å². The predicted molar refractivity (Wildman–Crippen MR) is 52.9 cm³/mol. The van der Waals surface area contributed by atoms with Gasteiger partial charge in [-0.25, -0.2) is 0 Å². The Bertz CT molecular complexity index is 270. The Hall–Kier alpha value is -0.275. The zero-order valence-corrected chi connectivity index (χ0v) is 8.54. The fourth-order valence-electron chi connectivity index (χ4n) is 3.12. The average molecular weight is 180 g/mol. The number of hydrogen-bond donors (Lipinski definition) is 2. The van der Waals surface area contributed by atoms with Crippen LogP contribution in [-0.4, -0.2) is 17.2 Å². The lowest BCUT2D eigenvalue weighted by molar-refractivity contribution is 0.172. The Labute approximate surface area is 79.8 Å². The second-order valence-corrected chi connectivity index (χ2v) is 5.19. The van der Waals surface area contributed by atoms with Crippen molar-refractivity contribution in [1.82, 2.24) is 0 Å². The molecule has 2 aliphatic carbocycles.